The van der Waals surface area contributed by atoms with Crippen LogP contribution in [0.3, 0.4) is 0 Å². The number of rotatable bonds is 3. The van der Waals surface area contributed by atoms with E-state index in [1.165, 1.54) is 0 Å². The van der Waals surface area contributed by atoms with Crippen molar-refractivity contribution in [1.29, 1.82) is 0 Å². The van der Waals surface area contributed by atoms with Gasteiger partial charge in [0.05, 0.1) is 11.4 Å². The quantitative estimate of drug-likeness (QED) is 0.780. The Labute approximate surface area is 118 Å². The average molecular weight is 263 g/mol. The Morgan fingerprint density at radius 1 is 0.900 bits per heavy atom. The molecule has 2 aromatic carbocycles. The number of imidazole rings is 1. The van der Waals surface area contributed by atoms with Gasteiger partial charge in [0.2, 0.25) is 5.95 Å². The van der Waals surface area contributed by atoms with Gasteiger partial charge in [0.15, 0.2) is 0 Å². The Kier molecular flexibility index (Phi) is 3.25. The predicted molar refractivity (Wildman–Crippen MR) is 83.2 cm³/mol. The molecule has 3 rings (SSSR count). The van der Waals surface area contributed by atoms with E-state index in [1.54, 1.807) is 0 Å². The van der Waals surface area contributed by atoms with E-state index in [9.17, 15) is 0 Å². The monoisotopic (exact) mass is 263 g/mol. The molecule has 0 saturated heterocycles. The molecule has 100 valence electrons. The summed E-state index contributed by atoms with van der Waals surface area (Å²) in [6.07, 6.45) is 0. The number of aromatic nitrogens is 2. The lowest BCUT2D eigenvalue weighted by atomic mass is 10.0. The highest BCUT2D eigenvalue weighted by atomic mass is 15.2. The fourth-order valence-electron chi connectivity index (χ4n) is 2.48. The Morgan fingerprint density at radius 3 is 2.00 bits per heavy atom. The second-order valence-electron chi connectivity index (χ2n) is 4.64. The molecular formula is C17H17N3. The van der Waals surface area contributed by atoms with Crippen LogP contribution in [0.15, 0.2) is 60.7 Å². The van der Waals surface area contributed by atoms with E-state index in [4.69, 9.17) is 5.73 Å². The Hall–Kier alpha value is -2.55. The smallest absolute Gasteiger partial charge is 0.201 e. The number of anilines is 1. The summed E-state index contributed by atoms with van der Waals surface area (Å²) in [6, 6.07) is 20.4. The SMILES string of the molecule is CCn1c(N)nc(-c2ccccc2)c1-c1ccccc1. The van der Waals surface area contributed by atoms with Gasteiger partial charge in [-0.2, -0.15) is 0 Å². The lowest BCUT2D eigenvalue weighted by Gasteiger charge is -2.09. The van der Waals surface area contributed by atoms with Crippen LogP contribution in [0.2, 0.25) is 0 Å². The minimum Gasteiger partial charge on any atom is -0.369 e. The molecule has 2 N–H and O–H groups in total. The van der Waals surface area contributed by atoms with Gasteiger partial charge in [0.25, 0.3) is 0 Å². The first-order valence-electron chi connectivity index (χ1n) is 6.78. The molecule has 0 fully saturated rings. The maximum absolute atomic E-state index is 6.08. The molecule has 0 aliphatic rings. The van der Waals surface area contributed by atoms with E-state index in [0.717, 1.165) is 29.1 Å². The van der Waals surface area contributed by atoms with Crippen LogP contribution in [0.4, 0.5) is 5.95 Å². The molecule has 3 nitrogen and oxygen atoms in total. The van der Waals surface area contributed by atoms with Crippen molar-refractivity contribution in [1.82, 2.24) is 9.55 Å². The first-order chi connectivity index (χ1) is 9.81. The van der Waals surface area contributed by atoms with Gasteiger partial charge < -0.3 is 10.3 Å². The second kappa shape index (κ2) is 5.21. The summed E-state index contributed by atoms with van der Waals surface area (Å²) in [5, 5.41) is 0. The van der Waals surface area contributed by atoms with Crippen molar-refractivity contribution in [2.75, 3.05) is 5.73 Å². The normalized spacial score (nSPS) is 10.7. The van der Waals surface area contributed by atoms with Gasteiger partial charge in [-0.1, -0.05) is 60.7 Å². The zero-order valence-corrected chi connectivity index (χ0v) is 11.5. The lowest BCUT2D eigenvalue weighted by molar-refractivity contribution is 0.782. The molecule has 3 heteroatoms. The van der Waals surface area contributed by atoms with Crippen molar-refractivity contribution in [2.24, 2.45) is 0 Å². The van der Waals surface area contributed by atoms with Crippen molar-refractivity contribution < 1.29 is 0 Å². The van der Waals surface area contributed by atoms with Gasteiger partial charge >= 0.3 is 0 Å². The van der Waals surface area contributed by atoms with E-state index >= 15 is 0 Å². The van der Waals surface area contributed by atoms with Crippen LogP contribution in [0.1, 0.15) is 6.92 Å². The molecule has 0 spiro atoms. The Bertz CT molecular complexity index is 700. The van der Waals surface area contributed by atoms with Gasteiger partial charge in [0.1, 0.15) is 0 Å². The minimum atomic E-state index is 0.560. The topological polar surface area (TPSA) is 43.8 Å². The molecule has 0 bridgehead atoms. The number of hydrogen-bond acceptors (Lipinski definition) is 2. The highest BCUT2D eigenvalue weighted by molar-refractivity contribution is 5.80. The number of hydrogen-bond donors (Lipinski definition) is 1. The van der Waals surface area contributed by atoms with Crippen LogP contribution >= 0.6 is 0 Å². The summed E-state index contributed by atoms with van der Waals surface area (Å²) >= 11 is 0. The summed E-state index contributed by atoms with van der Waals surface area (Å²) in [6.45, 7) is 2.88. The van der Waals surface area contributed by atoms with Crippen LogP contribution in [-0.4, -0.2) is 9.55 Å². The summed E-state index contributed by atoms with van der Waals surface area (Å²) in [5.74, 6) is 0.560. The standard InChI is InChI=1S/C17H17N3/c1-2-20-16(14-11-7-4-8-12-14)15(19-17(20)18)13-9-5-3-6-10-13/h3-12H,2H2,1H3,(H2,18,19). The first kappa shape index (κ1) is 12.5. The third-order valence-corrected chi connectivity index (χ3v) is 3.41. The van der Waals surface area contributed by atoms with E-state index < -0.39 is 0 Å². The van der Waals surface area contributed by atoms with Gasteiger partial charge in [-0.25, -0.2) is 4.98 Å². The minimum absolute atomic E-state index is 0.560. The van der Waals surface area contributed by atoms with Crippen molar-refractivity contribution in [3.8, 4) is 22.5 Å². The first-order valence-corrected chi connectivity index (χ1v) is 6.78. The molecule has 0 atom stereocenters. The number of nitrogens with zero attached hydrogens (tertiary/aromatic N) is 2. The van der Waals surface area contributed by atoms with E-state index in [2.05, 4.69) is 40.7 Å². The van der Waals surface area contributed by atoms with Gasteiger partial charge in [-0.3, -0.25) is 0 Å². The molecule has 20 heavy (non-hydrogen) atoms. The molecule has 0 aliphatic carbocycles. The fraction of sp³-hybridized carbons (Fsp3) is 0.118. The molecule has 1 heterocycles. The molecule has 3 aromatic rings. The Balaban J connectivity index is 2.26. The molecule has 0 amide bonds. The number of nitrogens with two attached hydrogens (primary N) is 1. The largest absolute Gasteiger partial charge is 0.369 e. The average Bonchev–Trinajstić information content (AvgIpc) is 2.85. The van der Waals surface area contributed by atoms with Crippen LogP contribution in [0, 0.1) is 0 Å². The maximum atomic E-state index is 6.08. The number of benzene rings is 2. The van der Waals surface area contributed by atoms with Crippen LogP contribution in [-0.2, 0) is 6.54 Å². The van der Waals surface area contributed by atoms with E-state index in [-0.39, 0.29) is 0 Å². The number of nitrogen functional groups attached to an aromatic ring is 1. The van der Waals surface area contributed by atoms with E-state index in [1.807, 2.05) is 36.4 Å². The highest BCUT2D eigenvalue weighted by Gasteiger charge is 2.17. The third kappa shape index (κ3) is 2.07. The van der Waals surface area contributed by atoms with Crippen molar-refractivity contribution in [2.45, 2.75) is 13.5 Å². The van der Waals surface area contributed by atoms with Gasteiger partial charge in [-0.05, 0) is 6.92 Å². The third-order valence-electron chi connectivity index (χ3n) is 3.41. The molecular weight excluding hydrogens is 246 g/mol. The van der Waals surface area contributed by atoms with Crippen molar-refractivity contribution in [3.63, 3.8) is 0 Å². The van der Waals surface area contributed by atoms with Gasteiger partial charge in [-0.15, -0.1) is 0 Å². The van der Waals surface area contributed by atoms with Gasteiger partial charge in [0, 0.05) is 17.7 Å². The lowest BCUT2D eigenvalue weighted by Crippen LogP contribution is -2.02. The highest BCUT2D eigenvalue weighted by Crippen LogP contribution is 2.33. The summed E-state index contributed by atoms with van der Waals surface area (Å²) in [7, 11) is 0. The van der Waals surface area contributed by atoms with Crippen molar-refractivity contribution in [3.05, 3.63) is 60.7 Å². The van der Waals surface area contributed by atoms with Crippen molar-refractivity contribution >= 4 is 5.95 Å². The maximum Gasteiger partial charge on any atom is 0.201 e. The Morgan fingerprint density at radius 2 is 1.45 bits per heavy atom. The summed E-state index contributed by atoms with van der Waals surface area (Å²) in [5.41, 5.74) is 10.3. The summed E-state index contributed by atoms with van der Waals surface area (Å²) in [4.78, 5) is 4.57. The molecule has 1 aromatic heterocycles. The molecule has 0 unspecified atom stereocenters. The predicted octanol–water partition coefficient (Wildman–Crippen LogP) is 3.82. The van der Waals surface area contributed by atoms with Crippen LogP contribution in [0.5, 0.6) is 0 Å². The molecule has 0 saturated carbocycles. The molecule has 0 aliphatic heterocycles. The zero-order valence-electron chi connectivity index (χ0n) is 11.5. The van der Waals surface area contributed by atoms with Crippen LogP contribution in [0.25, 0.3) is 22.5 Å². The van der Waals surface area contributed by atoms with Crippen LogP contribution < -0.4 is 5.73 Å². The molecule has 0 radical (unpaired) electrons. The second-order valence-corrected chi connectivity index (χ2v) is 4.64. The van der Waals surface area contributed by atoms with E-state index in [0.29, 0.717) is 5.95 Å². The fourth-order valence-corrected chi connectivity index (χ4v) is 2.48. The zero-order chi connectivity index (χ0) is 13.9. The summed E-state index contributed by atoms with van der Waals surface area (Å²) < 4.78 is 2.05.